The second-order valence-corrected chi connectivity index (χ2v) is 9.44. The Kier molecular flexibility index (Phi) is 5.69. The zero-order valence-electron chi connectivity index (χ0n) is 19.7. The molecule has 0 amide bonds. The lowest BCUT2D eigenvalue weighted by Gasteiger charge is -2.36. The van der Waals surface area contributed by atoms with Crippen molar-refractivity contribution in [1.82, 2.24) is 30.1 Å². The fraction of sp³-hybridized carbons (Fsp3) is 0.385. The van der Waals surface area contributed by atoms with Crippen LogP contribution in [0.15, 0.2) is 53.3 Å². The molecule has 0 spiro atoms. The number of rotatable bonds is 5. The van der Waals surface area contributed by atoms with Crippen molar-refractivity contribution in [3.8, 4) is 11.5 Å². The van der Waals surface area contributed by atoms with E-state index in [4.69, 9.17) is 9.47 Å². The number of nitrogens with one attached hydrogen (secondary N) is 1. The summed E-state index contributed by atoms with van der Waals surface area (Å²) in [7, 11) is 0. The van der Waals surface area contributed by atoms with Crippen molar-refractivity contribution in [3.63, 3.8) is 0 Å². The fourth-order valence-corrected chi connectivity index (χ4v) is 5.03. The Morgan fingerprint density at radius 3 is 2.57 bits per heavy atom. The second-order valence-electron chi connectivity index (χ2n) is 9.44. The van der Waals surface area contributed by atoms with Crippen LogP contribution in [-0.4, -0.2) is 56.4 Å². The van der Waals surface area contributed by atoms with Crippen molar-refractivity contribution in [3.05, 3.63) is 75.8 Å². The zero-order valence-corrected chi connectivity index (χ0v) is 19.7. The number of aromatic nitrogens is 5. The van der Waals surface area contributed by atoms with Crippen molar-refractivity contribution in [2.75, 3.05) is 26.3 Å². The molecule has 2 aliphatic heterocycles. The van der Waals surface area contributed by atoms with Gasteiger partial charge in [0.2, 0.25) is 0 Å². The number of tetrazole rings is 1. The first kappa shape index (κ1) is 21.8. The molecule has 2 aromatic carbocycles. The molecule has 9 nitrogen and oxygen atoms in total. The Bertz CT molecular complexity index is 1390. The third-order valence-electron chi connectivity index (χ3n) is 6.99. The van der Waals surface area contributed by atoms with Crippen LogP contribution in [0, 0.1) is 5.92 Å². The molecule has 1 saturated heterocycles. The average Bonchev–Trinajstić information content (AvgIpc) is 3.32. The molecule has 0 unspecified atom stereocenters. The fourth-order valence-electron chi connectivity index (χ4n) is 5.03. The van der Waals surface area contributed by atoms with Crippen LogP contribution >= 0.6 is 0 Å². The van der Waals surface area contributed by atoms with Gasteiger partial charge >= 0.3 is 0 Å². The molecule has 0 bridgehead atoms. The molecular formula is C26H28N6O3. The summed E-state index contributed by atoms with van der Waals surface area (Å²) in [6.45, 7) is 5.58. The maximum absolute atomic E-state index is 13.5. The van der Waals surface area contributed by atoms with Crippen LogP contribution in [0.5, 0.6) is 11.5 Å². The van der Waals surface area contributed by atoms with Gasteiger partial charge in [0.15, 0.2) is 17.3 Å². The highest BCUT2D eigenvalue weighted by Crippen LogP contribution is 2.36. The number of hydrogen-bond donors (Lipinski definition) is 1. The van der Waals surface area contributed by atoms with E-state index in [1.807, 2.05) is 41.1 Å². The first-order valence-corrected chi connectivity index (χ1v) is 12.2. The Labute approximate surface area is 202 Å². The van der Waals surface area contributed by atoms with Gasteiger partial charge in [-0.3, -0.25) is 9.69 Å². The van der Waals surface area contributed by atoms with Crippen LogP contribution in [0.3, 0.4) is 0 Å². The van der Waals surface area contributed by atoms with E-state index in [2.05, 4.69) is 44.5 Å². The van der Waals surface area contributed by atoms with Crippen LogP contribution in [0.25, 0.3) is 10.9 Å². The van der Waals surface area contributed by atoms with E-state index >= 15 is 0 Å². The summed E-state index contributed by atoms with van der Waals surface area (Å²) in [4.78, 5) is 18.9. The molecule has 4 heterocycles. The highest BCUT2D eigenvalue weighted by molar-refractivity contribution is 5.83. The number of nitrogens with zero attached hydrogens (tertiary/aromatic N) is 5. The van der Waals surface area contributed by atoms with Crippen LogP contribution in [0.2, 0.25) is 0 Å². The van der Waals surface area contributed by atoms with E-state index in [-0.39, 0.29) is 11.6 Å². The number of hydrogen-bond acceptors (Lipinski definition) is 7. The number of H-pyrrole nitrogens is 1. The molecular weight excluding hydrogens is 444 g/mol. The molecule has 2 aliphatic rings. The molecule has 9 heteroatoms. The highest BCUT2D eigenvalue weighted by atomic mass is 16.6. The molecule has 0 saturated carbocycles. The number of ether oxygens (including phenoxy) is 2. The van der Waals surface area contributed by atoms with E-state index in [0.29, 0.717) is 48.6 Å². The summed E-state index contributed by atoms with van der Waals surface area (Å²) in [6.07, 6.45) is 2.14. The highest BCUT2D eigenvalue weighted by Gasteiger charge is 2.32. The molecule has 35 heavy (non-hydrogen) atoms. The van der Waals surface area contributed by atoms with E-state index in [1.54, 1.807) is 0 Å². The van der Waals surface area contributed by atoms with Gasteiger partial charge in [-0.25, -0.2) is 4.68 Å². The largest absolute Gasteiger partial charge is 0.486 e. The third-order valence-corrected chi connectivity index (χ3v) is 6.99. The van der Waals surface area contributed by atoms with Crippen LogP contribution in [-0.2, 0) is 6.54 Å². The number of likely N-dealkylation sites (tertiary alicyclic amines) is 1. The summed E-state index contributed by atoms with van der Waals surface area (Å²) in [5.41, 5.74) is 2.31. The first-order chi connectivity index (χ1) is 17.2. The van der Waals surface area contributed by atoms with Crippen LogP contribution in [0.4, 0.5) is 0 Å². The molecule has 1 atom stereocenters. The summed E-state index contributed by atoms with van der Waals surface area (Å²) >= 11 is 0. The maximum Gasteiger partial charge on any atom is 0.253 e. The number of aromatic amines is 1. The predicted molar refractivity (Wildman–Crippen MR) is 131 cm³/mol. The minimum atomic E-state index is -0.359. The van der Waals surface area contributed by atoms with E-state index in [9.17, 15) is 4.79 Å². The second kappa shape index (κ2) is 9.14. The monoisotopic (exact) mass is 472 g/mol. The first-order valence-electron chi connectivity index (χ1n) is 12.2. The molecule has 1 N–H and O–H groups in total. The molecule has 0 aliphatic carbocycles. The summed E-state index contributed by atoms with van der Waals surface area (Å²) in [5.74, 6) is 2.68. The minimum Gasteiger partial charge on any atom is -0.486 e. The zero-order chi connectivity index (χ0) is 23.8. The smallest absolute Gasteiger partial charge is 0.253 e. The molecule has 4 aromatic rings. The summed E-state index contributed by atoms with van der Waals surface area (Å²) in [5, 5.41) is 13.6. The Morgan fingerprint density at radius 1 is 1.06 bits per heavy atom. The molecule has 0 radical (unpaired) electrons. The quantitative estimate of drug-likeness (QED) is 0.476. The van der Waals surface area contributed by atoms with Gasteiger partial charge in [-0.05, 0) is 60.0 Å². The van der Waals surface area contributed by atoms with Gasteiger partial charge in [-0.2, -0.15) is 0 Å². The number of benzene rings is 2. The van der Waals surface area contributed by atoms with Gasteiger partial charge in [-0.1, -0.05) is 37.3 Å². The lowest BCUT2D eigenvalue weighted by molar-refractivity contribution is 0.149. The lowest BCUT2D eigenvalue weighted by atomic mass is 9.95. The predicted octanol–water partition coefficient (Wildman–Crippen LogP) is 3.16. The van der Waals surface area contributed by atoms with Crippen LogP contribution < -0.4 is 15.0 Å². The van der Waals surface area contributed by atoms with Gasteiger partial charge in [0.1, 0.15) is 19.3 Å². The van der Waals surface area contributed by atoms with E-state index in [0.717, 1.165) is 42.4 Å². The number of fused-ring (bicyclic) bond motifs is 2. The van der Waals surface area contributed by atoms with Gasteiger partial charge in [0.25, 0.3) is 5.56 Å². The van der Waals surface area contributed by atoms with Gasteiger partial charge in [0, 0.05) is 17.0 Å². The molecule has 6 rings (SSSR count). The Morgan fingerprint density at radius 2 is 1.80 bits per heavy atom. The lowest BCUT2D eigenvalue weighted by Crippen LogP contribution is -2.40. The Balaban J connectivity index is 1.46. The van der Waals surface area contributed by atoms with Crippen molar-refractivity contribution in [2.45, 2.75) is 32.4 Å². The minimum absolute atomic E-state index is 0.146. The van der Waals surface area contributed by atoms with Gasteiger partial charge in [0.05, 0.1) is 12.1 Å². The standard InChI is InChI=1S/C26H28N6O3/c1-17-7-9-31(10-8-17)24(25-28-29-30-32(25)16-18-5-3-2-4-6-18)20-13-19-14-22-23(35-12-11-34-22)15-21(19)27-26(20)33/h2-6,13-15,17,24H,7-12,16H2,1H3,(H,27,33)/t24-/m0/s1. The maximum atomic E-state index is 13.5. The average molecular weight is 473 g/mol. The van der Waals surface area contributed by atoms with Crippen LogP contribution in [0.1, 0.15) is 42.8 Å². The SMILES string of the molecule is CC1CCN([C@@H](c2cc3cc4c(cc3[nH]c2=O)OCCO4)c2nnnn2Cc2ccccc2)CC1. The third kappa shape index (κ3) is 4.27. The normalized spacial score (nSPS) is 17.5. The molecule has 180 valence electrons. The molecule has 2 aromatic heterocycles. The van der Waals surface area contributed by atoms with E-state index in [1.165, 1.54) is 0 Å². The molecule has 1 fully saturated rings. The number of pyridine rings is 1. The summed E-state index contributed by atoms with van der Waals surface area (Å²) < 4.78 is 13.3. The topological polar surface area (TPSA) is 98.2 Å². The Hall–Kier alpha value is -3.72. The van der Waals surface area contributed by atoms with Crippen molar-refractivity contribution in [2.24, 2.45) is 5.92 Å². The van der Waals surface area contributed by atoms with Crippen molar-refractivity contribution >= 4 is 10.9 Å². The number of piperidine rings is 1. The van der Waals surface area contributed by atoms with Gasteiger partial charge < -0.3 is 14.5 Å². The van der Waals surface area contributed by atoms with Crippen molar-refractivity contribution in [1.29, 1.82) is 0 Å². The van der Waals surface area contributed by atoms with Gasteiger partial charge in [-0.15, -0.1) is 5.10 Å². The van der Waals surface area contributed by atoms with Crippen molar-refractivity contribution < 1.29 is 9.47 Å². The van der Waals surface area contributed by atoms with E-state index < -0.39 is 0 Å². The summed E-state index contributed by atoms with van der Waals surface area (Å²) in [6, 6.07) is 15.5.